The zero-order valence-corrected chi connectivity index (χ0v) is 12.8. The third kappa shape index (κ3) is 2.78. The van der Waals surface area contributed by atoms with Gasteiger partial charge in [0.2, 0.25) is 0 Å². The minimum Gasteiger partial charge on any atom is -0.478 e. The zero-order chi connectivity index (χ0) is 18.1. The van der Waals surface area contributed by atoms with Crippen LogP contribution in [-0.4, -0.2) is 28.7 Å². The number of imide groups is 1. The van der Waals surface area contributed by atoms with Gasteiger partial charge in [0.05, 0.1) is 16.8 Å². The average molecular weight is 336 g/mol. The van der Waals surface area contributed by atoms with Crippen LogP contribution in [0, 0.1) is 0 Å². The fourth-order valence-electron chi connectivity index (χ4n) is 2.59. The molecule has 1 aliphatic rings. The van der Waals surface area contributed by atoms with Crippen molar-refractivity contribution in [3.63, 3.8) is 0 Å². The second-order valence-corrected chi connectivity index (χ2v) is 5.30. The molecule has 0 saturated carbocycles. The van der Waals surface area contributed by atoms with Crippen LogP contribution in [0.15, 0.2) is 54.6 Å². The van der Waals surface area contributed by atoms with Crippen molar-refractivity contribution in [1.82, 2.24) is 0 Å². The molecule has 124 valence electrons. The highest BCUT2D eigenvalue weighted by Crippen LogP contribution is 2.25. The van der Waals surface area contributed by atoms with Gasteiger partial charge in [-0.25, -0.2) is 9.69 Å². The van der Waals surface area contributed by atoms with Crippen LogP contribution >= 0.6 is 0 Å². The van der Waals surface area contributed by atoms with E-state index in [0.29, 0.717) is 0 Å². The first-order valence-corrected chi connectivity index (χ1v) is 7.23. The van der Waals surface area contributed by atoms with E-state index in [-0.39, 0.29) is 28.1 Å². The van der Waals surface area contributed by atoms with E-state index in [4.69, 9.17) is 5.73 Å². The van der Waals surface area contributed by atoms with Crippen LogP contribution in [0.5, 0.6) is 0 Å². The summed E-state index contributed by atoms with van der Waals surface area (Å²) in [4.78, 5) is 48.6. The van der Waals surface area contributed by atoms with E-state index in [1.54, 1.807) is 0 Å². The fraction of sp³-hybridized carbons (Fsp3) is 0. The van der Waals surface area contributed by atoms with Gasteiger partial charge in [-0.05, 0) is 24.3 Å². The minimum absolute atomic E-state index is 0.0327. The van der Waals surface area contributed by atoms with E-state index in [1.165, 1.54) is 42.5 Å². The number of carbonyl (C=O) groups excluding carboxylic acids is 3. The lowest BCUT2D eigenvalue weighted by molar-refractivity contribution is -0.119. The molecule has 0 atom stereocenters. The summed E-state index contributed by atoms with van der Waals surface area (Å²) in [6, 6.07) is 9.98. The van der Waals surface area contributed by atoms with Gasteiger partial charge >= 0.3 is 5.97 Å². The van der Waals surface area contributed by atoms with Crippen LogP contribution in [0.25, 0.3) is 0 Å². The molecule has 7 heteroatoms. The van der Waals surface area contributed by atoms with E-state index in [1.807, 2.05) is 0 Å². The lowest BCUT2D eigenvalue weighted by atomic mass is 9.96. The van der Waals surface area contributed by atoms with Crippen LogP contribution in [-0.2, 0) is 9.59 Å². The Bertz CT molecular complexity index is 944. The van der Waals surface area contributed by atoms with Crippen molar-refractivity contribution < 1.29 is 24.3 Å². The molecule has 1 aliphatic heterocycles. The van der Waals surface area contributed by atoms with Gasteiger partial charge in [-0.15, -0.1) is 0 Å². The molecule has 1 heterocycles. The summed E-state index contributed by atoms with van der Waals surface area (Å²) in [5, 5.41) is 9.27. The predicted octanol–water partition coefficient (Wildman–Crippen LogP) is 1.63. The third-order valence-electron chi connectivity index (χ3n) is 3.73. The Balaban J connectivity index is 2.06. The number of anilines is 2. The molecule has 0 unspecified atom stereocenters. The Morgan fingerprint density at radius 3 is 2.24 bits per heavy atom. The number of aromatic carboxylic acids is 1. The summed E-state index contributed by atoms with van der Waals surface area (Å²) in [5.74, 6) is -2.91. The molecule has 2 amide bonds. The van der Waals surface area contributed by atoms with E-state index in [0.717, 1.165) is 17.1 Å². The Hall–Kier alpha value is -3.74. The molecular formula is C18H12N2O5. The number of nitrogens with two attached hydrogens (primary N) is 1. The van der Waals surface area contributed by atoms with Crippen molar-refractivity contribution in [3.8, 4) is 0 Å². The van der Waals surface area contributed by atoms with Crippen molar-refractivity contribution in [2.45, 2.75) is 0 Å². The molecule has 7 nitrogen and oxygen atoms in total. The molecule has 0 bridgehead atoms. The monoisotopic (exact) mass is 336 g/mol. The number of carboxylic acid groups (broad SMARTS) is 1. The Morgan fingerprint density at radius 1 is 0.960 bits per heavy atom. The molecule has 0 spiro atoms. The maximum Gasteiger partial charge on any atom is 0.336 e. The van der Waals surface area contributed by atoms with Crippen molar-refractivity contribution >= 4 is 34.9 Å². The average Bonchev–Trinajstić information content (AvgIpc) is 2.92. The van der Waals surface area contributed by atoms with Gasteiger partial charge in [0.15, 0.2) is 5.78 Å². The molecule has 3 N–H and O–H groups in total. The minimum atomic E-state index is -1.28. The molecule has 2 aromatic rings. The van der Waals surface area contributed by atoms with Gasteiger partial charge in [0.1, 0.15) is 0 Å². The van der Waals surface area contributed by atoms with Crippen LogP contribution in [0.1, 0.15) is 26.3 Å². The fourth-order valence-corrected chi connectivity index (χ4v) is 2.59. The normalized spacial score (nSPS) is 13.4. The predicted molar refractivity (Wildman–Crippen MR) is 89.3 cm³/mol. The quantitative estimate of drug-likeness (QED) is 0.498. The van der Waals surface area contributed by atoms with E-state index < -0.39 is 23.6 Å². The molecule has 25 heavy (non-hydrogen) atoms. The molecule has 2 aromatic carbocycles. The molecule has 3 rings (SSSR count). The van der Waals surface area contributed by atoms with Gasteiger partial charge in [0.25, 0.3) is 11.8 Å². The van der Waals surface area contributed by atoms with Gasteiger partial charge < -0.3 is 10.8 Å². The highest BCUT2D eigenvalue weighted by Gasteiger charge is 2.26. The number of carboxylic acids is 1. The van der Waals surface area contributed by atoms with Crippen molar-refractivity contribution in [2.24, 2.45) is 0 Å². The lowest BCUT2D eigenvalue weighted by Gasteiger charge is -2.15. The van der Waals surface area contributed by atoms with E-state index >= 15 is 0 Å². The third-order valence-corrected chi connectivity index (χ3v) is 3.73. The second-order valence-electron chi connectivity index (χ2n) is 5.30. The lowest BCUT2D eigenvalue weighted by Crippen LogP contribution is -2.29. The number of amides is 2. The maximum atomic E-state index is 12.8. The molecular weight excluding hydrogens is 324 g/mol. The largest absolute Gasteiger partial charge is 0.478 e. The van der Waals surface area contributed by atoms with Crippen LogP contribution in [0.4, 0.5) is 11.4 Å². The molecule has 0 aromatic heterocycles. The van der Waals surface area contributed by atoms with E-state index in [9.17, 15) is 24.3 Å². The first-order valence-electron chi connectivity index (χ1n) is 7.23. The summed E-state index contributed by atoms with van der Waals surface area (Å²) in [5.41, 5.74) is 5.81. The van der Waals surface area contributed by atoms with Crippen LogP contribution in [0.3, 0.4) is 0 Å². The molecule has 0 saturated heterocycles. The number of rotatable bonds is 4. The molecule has 0 aliphatic carbocycles. The molecule has 0 radical (unpaired) electrons. The topological polar surface area (TPSA) is 118 Å². The smallest absolute Gasteiger partial charge is 0.336 e. The number of hydrogen-bond acceptors (Lipinski definition) is 5. The number of nitrogen functional groups attached to an aromatic ring is 1. The van der Waals surface area contributed by atoms with Gasteiger partial charge in [-0.1, -0.05) is 18.2 Å². The molecule has 0 fully saturated rings. The van der Waals surface area contributed by atoms with Crippen LogP contribution < -0.4 is 10.6 Å². The van der Waals surface area contributed by atoms with Gasteiger partial charge in [-0.2, -0.15) is 0 Å². The Morgan fingerprint density at radius 2 is 1.60 bits per heavy atom. The van der Waals surface area contributed by atoms with Gasteiger partial charge in [-0.3, -0.25) is 14.4 Å². The summed E-state index contributed by atoms with van der Waals surface area (Å²) < 4.78 is 0. The number of hydrogen-bond donors (Lipinski definition) is 2. The first-order chi connectivity index (χ1) is 11.9. The van der Waals surface area contributed by atoms with Gasteiger partial charge in [0, 0.05) is 23.4 Å². The Labute approximate surface area is 142 Å². The van der Waals surface area contributed by atoms with E-state index in [2.05, 4.69) is 0 Å². The summed E-state index contributed by atoms with van der Waals surface area (Å²) >= 11 is 0. The summed E-state index contributed by atoms with van der Waals surface area (Å²) in [6.07, 6.45) is 2.27. The highest BCUT2D eigenvalue weighted by atomic mass is 16.4. The second kappa shape index (κ2) is 6.04. The Kier molecular flexibility index (Phi) is 3.90. The number of nitrogens with zero attached hydrogens (tertiary/aromatic N) is 1. The standard InChI is InChI=1S/C18H12N2O5/c19-13-6-2-5-12(18(24)25)16(13)17(23)10-3-1-4-11(9-10)20-14(21)7-8-15(20)22/h1-9H,19H2,(H,24,25). The zero-order valence-electron chi connectivity index (χ0n) is 12.8. The first kappa shape index (κ1) is 16.1. The highest BCUT2D eigenvalue weighted by molar-refractivity contribution is 6.28. The number of carbonyl (C=O) groups is 4. The number of ketones is 1. The van der Waals surface area contributed by atoms with Crippen molar-refractivity contribution in [1.29, 1.82) is 0 Å². The SMILES string of the molecule is Nc1cccc(C(=O)O)c1C(=O)c1cccc(N2C(=O)C=CC2=O)c1. The van der Waals surface area contributed by atoms with Crippen molar-refractivity contribution in [2.75, 3.05) is 10.6 Å². The summed E-state index contributed by atoms with van der Waals surface area (Å²) in [6.45, 7) is 0. The maximum absolute atomic E-state index is 12.8. The number of benzene rings is 2. The summed E-state index contributed by atoms with van der Waals surface area (Å²) in [7, 11) is 0. The van der Waals surface area contributed by atoms with Crippen LogP contribution in [0.2, 0.25) is 0 Å². The van der Waals surface area contributed by atoms with Crippen molar-refractivity contribution in [3.05, 3.63) is 71.3 Å².